The van der Waals surface area contributed by atoms with Gasteiger partial charge in [-0.05, 0) is 37.0 Å². The molecule has 1 fully saturated rings. The first-order valence-electron chi connectivity index (χ1n) is 8.28. The van der Waals surface area contributed by atoms with E-state index in [-0.39, 0.29) is 5.91 Å². The van der Waals surface area contributed by atoms with E-state index in [9.17, 15) is 9.90 Å². The van der Waals surface area contributed by atoms with Crippen LogP contribution in [0.3, 0.4) is 0 Å². The molecule has 5 nitrogen and oxygen atoms in total. The van der Waals surface area contributed by atoms with Crippen LogP contribution in [-0.4, -0.2) is 35.3 Å². The van der Waals surface area contributed by atoms with Crippen molar-refractivity contribution in [2.75, 3.05) is 13.7 Å². The first-order chi connectivity index (χ1) is 11.1. The van der Waals surface area contributed by atoms with Crippen molar-refractivity contribution in [3.63, 3.8) is 0 Å². The summed E-state index contributed by atoms with van der Waals surface area (Å²) in [4.78, 5) is 15.5. The normalized spacial score (nSPS) is 17.1. The van der Waals surface area contributed by atoms with Crippen LogP contribution in [0, 0.1) is 0 Å². The number of benzene rings is 1. The minimum atomic E-state index is -1.17. The molecular weight excluding hydrogens is 292 g/mol. The molecule has 3 rings (SSSR count). The van der Waals surface area contributed by atoms with E-state index in [1.54, 1.807) is 7.11 Å². The van der Waals surface area contributed by atoms with Crippen LogP contribution in [0.2, 0.25) is 0 Å². The monoisotopic (exact) mass is 316 g/mol. The van der Waals surface area contributed by atoms with E-state index in [0.717, 1.165) is 41.5 Å². The second-order valence-corrected chi connectivity index (χ2v) is 6.29. The molecule has 0 atom stereocenters. The summed E-state index contributed by atoms with van der Waals surface area (Å²) in [5.41, 5.74) is 0.959. The fourth-order valence-electron chi connectivity index (χ4n) is 3.43. The van der Waals surface area contributed by atoms with E-state index in [4.69, 9.17) is 4.74 Å². The highest BCUT2D eigenvalue weighted by Crippen LogP contribution is 2.29. The molecule has 1 aromatic heterocycles. The van der Waals surface area contributed by atoms with E-state index in [1.807, 2.05) is 24.4 Å². The van der Waals surface area contributed by atoms with Gasteiger partial charge in [0.1, 0.15) is 11.4 Å². The lowest BCUT2D eigenvalue weighted by molar-refractivity contribution is -0.142. The van der Waals surface area contributed by atoms with Crippen LogP contribution in [0.4, 0.5) is 0 Å². The van der Waals surface area contributed by atoms with Crippen molar-refractivity contribution in [1.29, 1.82) is 0 Å². The Hall–Kier alpha value is -2.01. The van der Waals surface area contributed by atoms with E-state index < -0.39 is 5.60 Å². The average molecular weight is 316 g/mol. The van der Waals surface area contributed by atoms with Crippen molar-refractivity contribution in [1.82, 2.24) is 10.3 Å². The van der Waals surface area contributed by atoms with E-state index in [2.05, 4.69) is 10.3 Å². The Labute approximate surface area is 136 Å². The summed E-state index contributed by atoms with van der Waals surface area (Å²) in [5, 5.41) is 14.4. The zero-order valence-corrected chi connectivity index (χ0v) is 13.5. The number of aliphatic hydroxyl groups is 1. The number of amides is 1. The van der Waals surface area contributed by atoms with Gasteiger partial charge in [0.2, 0.25) is 0 Å². The molecule has 0 radical (unpaired) electrons. The largest absolute Gasteiger partial charge is 0.496 e. The molecule has 23 heavy (non-hydrogen) atoms. The van der Waals surface area contributed by atoms with Crippen LogP contribution in [-0.2, 0) is 11.2 Å². The summed E-state index contributed by atoms with van der Waals surface area (Å²) in [6.07, 6.45) is 6.73. The van der Waals surface area contributed by atoms with Crippen molar-refractivity contribution in [2.24, 2.45) is 0 Å². The summed E-state index contributed by atoms with van der Waals surface area (Å²) >= 11 is 0. The van der Waals surface area contributed by atoms with Crippen LogP contribution < -0.4 is 10.1 Å². The Balaban J connectivity index is 1.64. The van der Waals surface area contributed by atoms with Gasteiger partial charge in [0.15, 0.2) is 0 Å². The van der Waals surface area contributed by atoms with Crippen LogP contribution in [0.25, 0.3) is 10.9 Å². The zero-order valence-electron chi connectivity index (χ0n) is 13.5. The van der Waals surface area contributed by atoms with Gasteiger partial charge < -0.3 is 20.1 Å². The molecule has 1 heterocycles. The minimum Gasteiger partial charge on any atom is -0.496 e. The third-order valence-electron chi connectivity index (χ3n) is 4.75. The summed E-state index contributed by atoms with van der Waals surface area (Å²) in [6, 6.07) is 5.88. The number of carbonyl (C=O) groups excluding carboxylic acids is 1. The molecule has 1 amide bonds. The number of carbonyl (C=O) groups is 1. The fourth-order valence-corrected chi connectivity index (χ4v) is 3.43. The Morgan fingerprint density at radius 2 is 2.13 bits per heavy atom. The summed E-state index contributed by atoms with van der Waals surface area (Å²) in [5.74, 6) is 0.597. The van der Waals surface area contributed by atoms with Crippen molar-refractivity contribution in [2.45, 2.75) is 44.1 Å². The number of aromatic amines is 1. The quantitative estimate of drug-likeness (QED) is 0.793. The smallest absolute Gasteiger partial charge is 0.251 e. The van der Waals surface area contributed by atoms with Gasteiger partial charge in [0.05, 0.1) is 7.11 Å². The highest BCUT2D eigenvalue weighted by atomic mass is 16.5. The Kier molecular flexibility index (Phi) is 4.57. The lowest BCUT2D eigenvalue weighted by Crippen LogP contribution is -2.48. The molecule has 3 N–H and O–H groups in total. The lowest BCUT2D eigenvalue weighted by Gasteiger charge is -2.30. The number of ether oxygens (including phenoxy) is 1. The lowest BCUT2D eigenvalue weighted by atomic mass is 9.84. The molecule has 0 spiro atoms. The first-order valence-corrected chi connectivity index (χ1v) is 8.28. The van der Waals surface area contributed by atoms with Gasteiger partial charge in [-0.25, -0.2) is 0 Å². The number of H-pyrrole nitrogens is 1. The number of fused-ring (bicyclic) bond motifs is 1. The number of nitrogens with one attached hydrogen (secondary N) is 2. The Morgan fingerprint density at radius 3 is 2.87 bits per heavy atom. The maximum Gasteiger partial charge on any atom is 0.251 e. The number of aromatic nitrogens is 1. The van der Waals surface area contributed by atoms with Crippen LogP contribution in [0.15, 0.2) is 24.4 Å². The molecule has 0 unspecified atom stereocenters. The van der Waals surface area contributed by atoms with Gasteiger partial charge in [-0.15, -0.1) is 0 Å². The maximum absolute atomic E-state index is 12.2. The molecule has 2 aromatic rings. The Bertz CT molecular complexity index is 687. The first kappa shape index (κ1) is 15.9. The number of hydrogen-bond acceptors (Lipinski definition) is 3. The van der Waals surface area contributed by atoms with E-state index in [0.29, 0.717) is 25.8 Å². The summed E-state index contributed by atoms with van der Waals surface area (Å²) in [7, 11) is 1.66. The molecule has 0 bridgehead atoms. The second kappa shape index (κ2) is 6.62. The van der Waals surface area contributed by atoms with Gasteiger partial charge in [0.25, 0.3) is 5.91 Å². The fraction of sp³-hybridized carbons (Fsp3) is 0.500. The zero-order chi connectivity index (χ0) is 16.3. The third kappa shape index (κ3) is 3.20. The molecule has 1 saturated carbocycles. The van der Waals surface area contributed by atoms with Crippen molar-refractivity contribution >= 4 is 16.8 Å². The van der Waals surface area contributed by atoms with Gasteiger partial charge in [-0.3, -0.25) is 4.79 Å². The topological polar surface area (TPSA) is 74.3 Å². The number of rotatable bonds is 5. The highest BCUT2D eigenvalue weighted by Gasteiger charge is 2.36. The van der Waals surface area contributed by atoms with E-state index >= 15 is 0 Å². The van der Waals surface area contributed by atoms with Gasteiger partial charge in [-0.2, -0.15) is 0 Å². The molecule has 5 heteroatoms. The van der Waals surface area contributed by atoms with Crippen LogP contribution in [0.5, 0.6) is 5.75 Å². The molecular formula is C18H24N2O3. The number of hydrogen-bond donors (Lipinski definition) is 3. The van der Waals surface area contributed by atoms with Crippen LogP contribution >= 0.6 is 0 Å². The standard InChI is InChI=1S/C18H24N2O3/c1-23-15-7-5-6-14-16(15)13(12-20-14)8-11-19-17(21)18(22)9-3-2-4-10-18/h5-7,12,20,22H,2-4,8-11H2,1H3,(H,19,21). The van der Waals surface area contributed by atoms with Crippen molar-refractivity contribution in [3.05, 3.63) is 30.0 Å². The van der Waals surface area contributed by atoms with Crippen LogP contribution in [0.1, 0.15) is 37.7 Å². The molecule has 1 aliphatic carbocycles. The average Bonchev–Trinajstić information content (AvgIpc) is 2.99. The Morgan fingerprint density at radius 1 is 1.35 bits per heavy atom. The minimum absolute atomic E-state index is 0.232. The van der Waals surface area contributed by atoms with E-state index in [1.165, 1.54) is 0 Å². The SMILES string of the molecule is COc1cccc2[nH]cc(CCNC(=O)C3(O)CCCCC3)c12. The molecule has 0 saturated heterocycles. The predicted molar refractivity (Wildman–Crippen MR) is 89.6 cm³/mol. The second-order valence-electron chi connectivity index (χ2n) is 6.29. The summed E-state index contributed by atoms with van der Waals surface area (Å²) < 4.78 is 5.42. The summed E-state index contributed by atoms with van der Waals surface area (Å²) in [6.45, 7) is 0.506. The van der Waals surface area contributed by atoms with Gasteiger partial charge >= 0.3 is 0 Å². The van der Waals surface area contributed by atoms with Gasteiger partial charge in [-0.1, -0.05) is 25.3 Å². The number of methoxy groups -OCH3 is 1. The van der Waals surface area contributed by atoms with Crippen molar-refractivity contribution < 1.29 is 14.6 Å². The highest BCUT2D eigenvalue weighted by molar-refractivity contribution is 5.89. The van der Waals surface area contributed by atoms with Gasteiger partial charge in [0, 0.05) is 23.6 Å². The molecule has 1 aromatic carbocycles. The molecule has 124 valence electrons. The van der Waals surface area contributed by atoms with Crippen molar-refractivity contribution in [3.8, 4) is 5.75 Å². The predicted octanol–water partition coefficient (Wildman–Crippen LogP) is 2.53. The molecule has 1 aliphatic rings. The third-order valence-corrected chi connectivity index (χ3v) is 4.75. The maximum atomic E-state index is 12.2. The molecule has 0 aliphatic heterocycles.